The molecule has 5 nitrogen and oxygen atoms in total. The van der Waals surface area contributed by atoms with E-state index in [0.29, 0.717) is 11.0 Å². The van der Waals surface area contributed by atoms with Crippen LogP contribution in [0.15, 0.2) is 54.9 Å². The lowest BCUT2D eigenvalue weighted by molar-refractivity contribution is -0.117. The van der Waals surface area contributed by atoms with E-state index >= 15 is 0 Å². The normalized spacial score (nSPS) is 19.3. The fraction of sp³-hybridized carbons (Fsp3) is 0.176. The van der Waals surface area contributed by atoms with Crippen LogP contribution in [0.5, 0.6) is 0 Å². The van der Waals surface area contributed by atoms with Gasteiger partial charge in [0.15, 0.2) is 0 Å². The molecule has 0 spiro atoms. The Hall–Kier alpha value is -2.60. The lowest BCUT2D eigenvalue weighted by atomic mass is 10.1. The Kier molecular flexibility index (Phi) is 3.59. The number of anilines is 1. The molecule has 0 bridgehead atoms. The maximum absolute atomic E-state index is 12.3. The lowest BCUT2D eigenvalue weighted by Gasteiger charge is -2.00. The van der Waals surface area contributed by atoms with Gasteiger partial charge >= 0.3 is 0 Å². The third-order valence-corrected chi connectivity index (χ3v) is 4.83. The minimum absolute atomic E-state index is 0.0243. The van der Waals surface area contributed by atoms with E-state index in [4.69, 9.17) is 0 Å². The summed E-state index contributed by atoms with van der Waals surface area (Å²) in [4.78, 5) is 16.3. The quantitative estimate of drug-likeness (QED) is 0.800. The summed E-state index contributed by atoms with van der Waals surface area (Å²) >= 11 is 1.37. The molecule has 0 aliphatic heterocycles. The van der Waals surface area contributed by atoms with Crippen molar-refractivity contribution in [2.45, 2.75) is 12.3 Å². The van der Waals surface area contributed by atoms with Gasteiger partial charge in [0, 0.05) is 23.9 Å². The number of nitrogens with zero attached hydrogens (tertiary/aromatic N) is 3. The Morgan fingerprint density at radius 3 is 2.65 bits per heavy atom. The first-order valence-electron chi connectivity index (χ1n) is 7.41. The van der Waals surface area contributed by atoms with Crippen molar-refractivity contribution in [1.29, 1.82) is 0 Å². The molecule has 114 valence electrons. The van der Waals surface area contributed by atoms with Gasteiger partial charge in [0.25, 0.3) is 0 Å². The van der Waals surface area contributed by atoms with Gasteiger partial charge in [0.1, 0.15) is 5.01 Å². The lowest BCUT2D eigenvalue weighted by Crippen LogP contribution is -2.14. The highest BCUT2D eigenvalue weighted by atomic mass is 32.1. The zero-order valence-corrected chi connectivity index (χ0v) is 13.0. The molecule has 2 atom stereocenters. The number of rotatable bonds is 4. The van der Waals surface area contributed by atoms with Crippen LogP contribution in [0.4, 0.5) is 5.13 Å². The largest absolute Gasteiger partial charge is 0.300 e. The van der Waals surface area contributed by atoms with Crippen molar-refractivity contribution in [3.05, 3.63) is 60.4 Å². The zero-order valence-electron chi connectivity index (χ0n) is 12.2. The number of nitrogens with one attached hydrogen (secondary N) is 1. The van der Waals surface area contributed by atoms with Crippen LogP contribution in [0.2, 0.25) is 0 Å². The summed E-state index contributed by atoms with van der Waals surface area (Å²) in [5.41, 5.74) is 2.17. The number of benzene rings is 1. The minimum atomic E-state index is 0.0243. The first-order chi connectivity index (χ1) is 11.3. The van der Waals surface area contributed by atoms with Crippen LogP contribution in [-0.2, 0) is 4.79 Å². The van der Waals surface area contributed by atoms with Crippen LogP contribution in [-0.4, -0.2) is 21.1 Å². The summed E-state index contributed by atoms with van der Waals surface area (Å²) in [5, 5.41) is 12.4. The topological polar surface area (TPSA) is 67.8 Å². The Morgan fingerprint density at radius 1 is 1.09 bits per heavy atom. The van der Waals surface area contributed by atoms with Gasteiger partial charge < -0.3 is 5.32 Å². The average Bonchev–Trinajstić information content (AvgIpc) is 3.29. The number of amides is 1. The molecule has 1 fully saturated rings. The van der Waals surface area contributed by atoms with E-state index in [-0.39, 0.29) is 11.8 Å². The molecular weight excluding hydrogens is 308 g/mol. The second kappa shape index (κ2) is 5.89. The predicted octanol–water partition coefficient (Wildman–Crippen LogP) is 3.34. The van der Waals surface area contributed by atoms with Gasteiger partial charge in [-0.3, -0.25) is 9.78 Å². The molecule has 4 rings (SSSR count). The molecule has 1 saturated carbocycles. The van der Waals surface area contributed by atoms with E-state index in [0.717, 1.165) is 17.0 Å². The molecule has 2 unspecified atom stereocenters. The molecule has 1 aliphatic rings. The molecule has 1 N–H and O–H groups in total. The van der Waals surface area contributed by atoms with Crippen molar-refractivity contribution < 1.29 is 4.79 Å². The fourth-order valence-corrected chi connectivity index (χ4v) is 3.39. The van der Waals surface area contributed by atoms with Gasteiger partial charge in [-0.2, -0.15) is 0 Å². The van der Waals surface area contributed by atoms with Crippen LogP contribution >= 0.6 is 11.3 Å². The molecule has 0 saturated heterocycles. The van der Waals surface area contributed by atoms with Gasteiger partial charge in [-0.1, -0.05) is 41.7 Å². The molecule has 1 aromatic carbocycles. The van der Waals surface area contributed by atoms with E-state index < -0.39 is 0 Å². The SMILES string of the molecule is O=C(Nc1nnc(-c2ccncc2)s1)C1CC1c1ccccc1. The predicted molar refractivity (Wildman–Crippen MR) is 89.1 cm³/mol. The number of carbonyl (C=O) groups is 1. The molecule has 1 amide bonds. The van der Waals surface area contributed by atoms with Crippen molar-refractivity contribution in [2.24, 2.45) is 5.92 Å². The minimum Gasteiger partial charge on any atom is -0.300 e. The van der Waals surface area contributed by atoms with E-state index in [9.17, 15) is 4.79 Å². The molecular formula is C17H14N4OS. The molecule has 23 heavy (non-hydrogen) atoms. The summed E-state index contributed by atoms with van der Waals surface area (Å²) in [6, 6.07) is 13.9. The highest BCUT2D eigenvalue weighted by Gasteiger charge is 2.44. The Morgan fingerprint density at radius 2 is 1.87 bits per heavy atom. The van der Waals surface area contributed by atoms with Gasteiger partial charge in [-0.25, -0.2) is 0 Å². The van der Waals surface area contributed by atoms with Crippen LogP contribution in [0, 0.1) is 5.92 Å². The average molecular weight is 322 g/mol. The van der Waals surface area contributed by atoms with Crippen molar-refractivity contribution >= 4 is 22.4 Å². The summed E-state index contributed by atoms with van der Waals surface area (Å²) in [6.07, 6.45) is 4.32. The molecule has 2 aromatic heterocycles. The monoisotopic (exact) mass is 322 g/mol. The second-order valence-corrected chi connectivity index (χ2v) is 6.47. The Balaban J connectivity index is 1.42. The standard InChI is InChI=1S/C17H14N4OS/c22-15(14-10-13(14)11-4-2-1-3-5-11)19-17-21-20-16(23-17)12-6-8-18-9-7-12/h1-9,13-14H,10H2,(H,19,21,22). The van der Waals surface area contributed by atoms with Crippen LogP contribution in [0.3, 0.4) is 0 Å². The summed E-state index contributed by atoms with van der Waals surface area (Å²) in [5.74, 6) is 0.380. The number of carbonyl (C=O) groups excluding carboxylic acids is 1. The van der Waals surface area contributed by atoms with E-state index in [2.05, 4.69) is 32.6 Å². The Bertz CT molecular complexity index is 819. The van der Waals surface area contributed by atoms with E-state index in [1.54, 1.807) is 12.4 Å². The third kappa shape index (κ3) is 2.98. The van der Waals surface area contributed by atoms with Gasteiger partial charge in [0.2, 0.25) is 11.0 Å². The van der Waals surface area contributed by atoms with E-state index in [1.165, 1.54) is 16.9 Å². The molecule has 2 heterocycles. The second-order valence-electron chi connectivity index (χ2n) is 5.50. The molecule has 1 aliphatic carbocycles. The first kappa shape index (κ1) is 14.0. The van der Waals surface area contributed by atoms with Crippen molar-refractivity contribution in [3.63, 3.8) is 0 Å². The highest BCUT2D eigenvalue weighted by molar-refractivity contribution is 7.18. The fourth-order valence-electron chi connectivity index (χ4n) is 2.64. The third-order valence-electron chi connectivity index (χ3n) is 3.94. The maximum atomic E-state index is 12.3. The molecule has 6 heteroatoms. The van der Waals surface area contributed by atoms with Crippen LogP contribution in [0.1, 0.15) is 17.9 Å². The highest BCUT2D eigenvalue weighted by Crippen LogP contribution is 2.48. The Labute approximate surface area is 137 Å². The summed E-state index contributed by atoms with van der Waals surface area (Å²) < 4.78 is 0. The van der Waals surface area contributed by atoms with Crippen molar-refractivity contribution in [3.8, 4) is 10.6 Å². The summed E-state index contributed by atoms with van der Waals surface area (Å²) in [6.45, 7) is 0. The van der Waals surface area contributed by atoms with Gasteiger partial charge in [0.05, 0.1) is 0 Å². The zero-order chi connectivity index (χ0) is 15.6. The number of hydrogen-bond acceptors (Lipinski definition) is 5. The first-order valence-corrected chi connectivity index (χ1v) is 8.22. The van der Waals surface area contributed by atoms with Gasteiger partial charge in [-0.05, 0) is 30.0 Å². The van der Waals surface area contributed by atoms with Crippen LogP contribution in [0.25, 0.3) is 10.6 Å². The summed E-state index contributed by atoms with van der Waals surface area (Å²) in [7, 11) is 0. The number of hydrogen-bond donors (Lipinski definition) is 1. The molecule has 0 radical (unpaired) electrons. The smallest absolute Gasteiger partial charge is 0.229 e. The van der Waals surface area contributed by atoms with E-state index in [1.807, 2.05) is 30.3 Å². The maximum Gasteiger partial charge on any atom is 0.229 e. The number of pyridine rings is 1. The van der Waals surface area contributed by atoms with Crippen LogP contribution < -0.4 is 5.32 Å². The van der Waals surface area contributed by atoms with Gasteiger partial charge in [-0.15, -0.1) is 10.2 Å². The van der Waals surface area contributed by atoms with Crippen molar-refractivity contribution in [2.75, 3.05) is 5.32 Å². The van der Waals surface area contributed by atoms with Crippen molar-refractivity contribution in [1.82, 2.24) is 15.2 Å². The number of aromatic nitrogens is 3. The molecule has 3 aromatic rings.